The molecular weight excluding hydrogens is 356 g/mol. The molecule has 0 saturated carbocycles. The molecule has 2 aliphatic rings. The second kappa shape index (κ2) is 8.55. The topological polar surface area (TPSA) is 95.9 Å². The zero-order chi connectivity index (χ0) is 18.5. The molecule has 2 atom stereocenters. The van der Waals surface area contributed by atoms with E-state index in [1.807, 2.05) is 24.3 Å². The van der Waals surface area contributed by atoms with Gasteiger partial charge in [0, 0.05) is 31.0 Å². The third-order valence-corrected chi connectivity index (χ3v) is 5.74. The number of carboxylic acid groups (broad SMARTS) is 1. The summed E-state index contributed by atoms with van der Waals surface area (Å²) in [6.07, 6.45) is 1.68. The number of fused-ring (bicyclic) bond motifs is 1. The van der Waals surface area contributed by atoms with Crippen LogP contribution >= 0.6 is 11.8 Å². The molecule has 1 aromatic rings. The molecule has 2 N–H and O–H groups in total. The summed E-state index contributed by atoms with van der Waals surface area (Å²) in [4.78, 5) is 38.4. The molecule has 0 radical (unpaired) electrons. The molecule has 140 valence electrons. The van der Waals surface area contributed by atoms with Gasteiger partial charge in [-0.05, 0) is 25.0 Å². The number of amides is 2. The van der Waals surface area contributed by atoms with Gasteiger partial charge in [0.25, 0.3) is 0 Å². The molecule has 2 amide bonds. The molecule has 2 aliphatic heterocycles. The minimum absolute atomic E-state index is 0.0389. The van der Waals surface area contributed by atoms with Crippen molar-refractivity contribution in [3.05, 3.63) is 24.3 Å². The lowest BCUT2D eigenvalue weighted by Crippen LogP contribution is -2.41. The third-order valence-electron chi connectivity index (χ3n) is 4.46. The summed E-state index contributed by atoms with van der Waals surface area (Å²) in [6, 6.07) is 7.47. The monoisotopic (exact) mass is 378 g/mol. The summed E-state index contributed by atoms with van der Waals surface area (Å²) in [5.41, 5.74) is 0.758. The van der Waals surface area contributed by atoms with Gasteiger partial charge < -0.3 is 20.1 Å². The second-order valence-corrected chi connectivity index (χ2v) is 7.66. The van der Waals surface area contributed by atoms with Crippen LogP contribution < -0.4 is 5.32 Å². The standard InChI is InChI=1S/C18H22N2O5S/c21-16(20(8-7-17(22)23)11-12-4-3-9-25-12)10-15-18(24)19-13-5-1-2-6-14(13)26-15/h1-2,5-6,12,15H,3-4,7-11H2,(H,19,24)(H,22,23)/t12-,15-/m0/s1. The van der Waals surface area contributed by atoms with Crippen molar-refractivity contribution in [1.29, 1.82) is 0 Å². The maximum absolute atomic E-state index is 12.8. The van der Waals surface area contributed by atoms with E-state index in [9.17, 15) is 14.4 Å². The minimum atomic E-state index is -0.950. The average Bonchev–Trinajstić information content (AvgIpc) is 3.12. The van der Waals surface area contributed by atoms with Gasteiger partial charge >= 0.3 is 5.97 Å². The number of nitrogens with one attached hydrogen (secondary N) is 1. The molecule has 0 spiro atoms. The van der Waals surface area contributed by atoms with Gasteiger partial charge in [0.15, 0.2) is 0 Å². The van der Waals surface area contributed by atoms with Gasteiger partial charge in [-0.1, -0.05) is 12.1 Å². The first kappa shape index (κ1) is 18.7. The molecule has 7 nitrogen and oxygen atoms in total. The molecule has 1 fully saturated rings. The minimum Gasteiger partial charge on any atom is -0.481 e. The Morgan fingerprint density at radius 1 is 1.35 bits per heavy atom. The van der Waals surface area contributed by atoms with Gasteiger partial charge in [0.05, 0.1) is 23.5 Å². The highest BCUT2D eigenvalue weighted by Gasteiger charge is 2.31. The predicted molar refractivity (Wildman–Crippen MR) is 97.1 cm³/mol. The molecule has 0 bridgehead atoms. The number of carbonyl (C=O) groups is 3. The number of carboxylic acids is 1. The van der Waals surface area contributed by atoms with Crippen LogP contribution in [0.3, 0.4) is 0 Å². The Bertz CT molecular complexity index is 690. The molecule has 0 aliphatic carbocycles. The molecule has 0 unspecified atom stereocenters. The van der Waals surface area contributed by atoms with Crippen molar-refractivity contribution < 1.29 is 24.2 Å². The van der Waals surface area contributed by atoms with E-state index in [-0.39, 0.29) is 37.3 Å². The molecular formula is C18H22N2O5S. The highest BCUT2D eigenvalue weighted by Crippen LogP contribution is 2.36. The van der Waals surface area contributed by atoms with Gasteiger partial charge in [-0.2, -0.15) is 0 Å². The number of ether oxygens (including phenoxy) is 1. The van der Waals surface area contributed by atoms with E-state index >= 15 is 0 Å². The summed E-state index contributed by atoms with van der Waals surface area (Å²) >= 11 is 1.37. The summed E-state index contributed by atoms with van der Waals surface area (Å²) in [7, 11) is 0. The lowest BCUT2D eigenvalue weighted by molar-refractivity contribution is -0.139. The number of anilines is 1. The van der Waals surface area contributed by atoms with Crippen molar-refractivity contribution >= 4 is 35.2 Å². The van der Waals surface area contributed by atoms with Gasteiger partial charge in [0.2, 0.25) is 11.8 Å². The van der Waals surface area contributed by atoms with Crippen LogP contribution in [0, 0.1) is 0 Å². The van der Waals surface area contributed by atoms with E-state index in [4.69, 9.17) is 9.84 Å². The predicted octanol–water partition coefficient (Wildman–Crippen LogP) is 1.97. The Morgan fingerprint density at radius 2 is 2.15 bits per heavy atom. The van der Waals surface area contributed by atoms with Crippen molar-refractivity contribution in [2.75, 3.05) is 25.0 Å². The van der Waals surface area contributed by atoms with Crippen LogP contribution in [-0.4, -0.2) is 58.8 Å². The van der Waals surface area contributed by atoms with E-state index in [1.54, 1.807) is 0 Å². The number of hydrogen-bond donors (Lipinski definition) is 2. The number of hydrogen-bond acceptors (Lipinski definition) is 5. The van der Waals surface area contributed by atoms with Crippen LogP contribution in [0.25, 0.3) is 0 Å². The molecule has 0 aromatic heterocycles. The highest BCUT2D eigenvalue weighted by atomic mass is 32.2. The highest BCUT2D eigenvalue weighted by molar-refractivity contribution is 8.01. The number of aliphatic carboxylic acids is 1. The fourth-order valence-corrected chi connectivity index (χ4v) is 4.20. The van der Waals surface area contributed by atoms with E-state index in [0.717, 1.165) is 23.4 Å². The number of thioether (sulfide) groups is 1. The molecule has 8 heteroatoms. The lowest BCUT2D eigenvalue weighted by Gasteiger charge is -2.28. The van der Waals surface area contributed by atoms with Crippen molar-refractivity contribution in [2.45, 2.75) is 41.9 Å². The maximum Gasteiger partial charge on any atom is 0.305 e. The Balaban J connectivity index is 1.64. The maximum atomic E-state index is 12.8. The Hall–Kier alpha value is -2.06. The van der Waals surface area contributed by atoms with Crippen LogP contribution in [0.4, 0.5) is 5.69 Å². The van der Waals surface area contributed by atoms with E-state index in [1.165, 1.54) is 16.7 Å². The molecule has 2 heterocycles. The second-order valence-electron chi connectivity index (χ2n) is 6.41. The van der Waals surface area contributed by atoms with Crippen LogP contribution in [0.2, 0.25) is 0 Å². The fraction of sp³-hybridized carbons (Fsp3) is 0.500. The Kier molecular flexibility index (Phi) is 6.16. The van der Waals surface area contributed by atoms with Gasteiger partial charge in [-0.25, -0.2) is 0 Å². The summed E-state index contributed by atoms with van der Waals surface area (Å²) < 4.78 is 5.57. The van der Waals surface area contributed by atoms with Gasteiger partial charge in [-0.15, -0.1) is 11.8 Å². The van der Waals surface area contributed by atoms with Crippen LogP contribution in [0.5, 0.6) is 0 Å². The molecule has 1 saturated heterocycles. The van der Waals surface area contributed by atoms with Crippen LogP contribution in [-0.2, 0) is 19.1 Å². The van der Waals surface area contributed by atoms with Crippen molar-refractivity contribution in [2.24, 2.45) is 0 Å². The molecule has 26 heavy (non-hydrogen) atoms. The van der Waals surface area contributed by atoms with Crippen molar-refractivity contribution in [3.8, 4) is 0 Å². The first-order valence-corrected chi connectivity index (χ1v) is 9.58. The largest absolute Gasteiger partial charge is 0.481 e. The summed E-state index contributed by atoms with van der Waals surface area (Å²) in [5.74, 6) is -1.36. The van der Waals surface area contributed by atoms with Gasteiger partial charge in [0.1, 0.15) is 0 Å². The SMILES string of the molecule is O=C(O)CCN(C[C@@H]1CCCO1)C(=O)C[C@@H]1Sc2ccccc2NC1=O. The molecule has 3 rings (SSSR count). The number of nitrogens with zero attached hydrogens (tertiary/aromatic N) is 1. The van der Waals surface area contributed by atoms with E-state index < -0.39 is 11.2 Å². The van der Waals surface area contributed by atoms with E-state index in [0.29, 0.717) is 13.2 Å². The Labute approximate surface area is 156 Å². The average molecular weight is 378 g/mol. The number of rotatable bonds is 7. The molecule has 1 aromatic carbocycles. The summed E-state index contributed by atoms with van der Waals surface area (Å²) in [6.45, 7) is 1.18. The Morgan fingerprint density at radius 3 is 2.88 bits per heavy atom. The first-order chi connectivity index (χ1) is 12.5. The normalized spacial score (nSPS) is 21.8. The smallest absolute Gasteiger partial charge is 0.305 e. The number of carbonyl (C=O) groups excluding carboxylic acids is 2. The number of benzene rings is 1. The number of para-hydroxylation sites is 1. The zero-order valence-electron chi connectivity index (χ0n) is 14.3. The first-order valence-electron chi connectivity index (χ1n) is 8.70. The zero-order valence-corrected chi connectivity index (χ0v) is 15.2. The third kappa shape index (κ3) is 4.76. The van der Waals surface area contributed by atoms with Gasteiger partial charge in [-0.3, -0.25) is 14.4 Å². The lowest BCUT2D eigenvalue weighted by atomic mass is 10.2. The van der Waals surface area contributed by atoms with Crippen molar-refractivity contribution in [3.63, 3.8) is 0 Å². The quantitative estimate of drug-likeness (QED) is 0.753. The van der Waals surface area contributed by atoms with Crippen LogP contribution in [0.1, 0.15) is 25.7 Å². The van der Waals surface area contributed by atoms with E-state index in [2.05, 4.69) is 5.32 Å². The van der Waals surface area contributed by atoms with Crippen LogP contribution in [0.15, 0.2) is 29.2 Å². The summed E-state index contributed by atoms with van der Waals surface area (Å²) in [5, 5.41) is 11.2. The van der Waals surface area contributed by atoms with Crippen molar-refractivity contribution in [1.82, 2.24) is 4.90 Å². The fourth-order valence-electron chi connectivity index (χ4n) is 3.10.